The number of hydrogen-bond donors (Lipinski definition) is 0. The van der Waals surface area contributed by atoms with E-state index in [-0.39, 0.29) is 0 Å². The van der Waals surface area contributed by atoms with Crippen molar-refractivity contribution in [2.75, 3.05) is 26.2 Å². The molecule has 108 valence electrons. The molecule has 2 aromatic rings. The molecule has 0 aliphatic rings. The summed E-state index contributed by atoms with van der Waals surface area (Å²) in [4.78, 5) is 2.12. The van der Waals surface area contributed by atoms with Crippen LogP contribution in [0.25, 0.3) is 0 Å². The largest absolute Gasteiger partial charge is 0.493 e. The number of rotatable bonds is 5. The molecule has 0 spiro atoms. The van der Waals surface area contributed by atoms with E-state index in [1.165, 1.54) is 0 Å². The fraction of sp³-hybridized carbons (Fsp3) is 0.400. The highest BCUT2D eigenvalue weighted by Crippen LogP contribution is 2.31. The minimum absolute atomic E-state index is 0.718. The number of hydrogen-bond acceptors (Lipinski definition) is 5. The lowest BCUT2D eigenvalue weighted by Gasteiger charge is -2.20. The number of aromatic nitrogens is 1. The lowest BCUT2D eigenvalue weighted by Crippen LogP contribution is -2.17. The van der Waals surface area contributed by atoms with E-state index in [1.807, 2.05) is 39.1 Å². The predicted octanol–water partition coefficient (Wildman–Crippen LogP) is 2.95. The van der Waals surface area contributed by atoms with Gasteiger partial charge in [-0.05, 0) is 26.0 Å². The molecule has 0 amide bonds. The number of nitrogens with zero attached hydrogens (tertiary/aromatic N) is 2. The van der Waals surface area contributed by atoms with Crippen LogP contribution in [0.5, 0.6) is 11.5 Å². The molecule has 0 bridgehead atoms. The third-order valence-corrected chi connectivity index (χ3v) is 3.38. The van der Waals surface area contributed by atoms with E-state index in [0.29, 0.717) is 0 Å². The smallest absolute Gasteiger partial charge is 0.162 e. The molecule has 0 unspecified atom stereocenters. The molecule has 0 atom stereocenters. The minimum Gasteiger partial charge on any atom is -0.493 e. The van der Waals surface area contributed by atoms with Gasteiger partial charge in [0.2, 0.25) is 0 Å². The second kappa shape index (κ2) is 5.86. The Hall–Kier alpha value is -2.17. The predicted molar refractivity (Wildman–Crippen MR) is 77.6 cm³/mol. The fourth-order valence-corrected chi connectivity index (χ4v) is 2.12. The van der Waals surface area contributed by atoms with Crippen LogP contribution in [0.1, 0.15) is 17.0 Å². The van der Waals surface area contributed by atoms with Crippen molar-refractivity contribution in [2.24, 2.45) is 0 Å². The Morgan fingerprint density at radius 2 is 1.85 bits per heavy atom. The van der Waals surface area contributed by atoms with Crippen LogP contribution in [0.3, 0.4) is 0 Å². The Morgan fingerprint density at radius 3 is 2.40 bits per heavy atom. The molecule has 0 radical (unpaired) electrons. The van der Waals surface area contributed by atoms with Gasteiger partial charge >= 0.3 is 0 Å². The summed E-state index contributed by atoms with van der Waals surface area (Å²) in [6.07, 6.45) is 0. The van der Waals surface area contributed by atoms with Gasteiger partial charge in [0.1, 0.15) is 5.76 Å². The highest BCUT2D eigenvalue weighted by molar-refractivity contribution is 5.56. The summed E-state index contributed by atoms with van der Waals surface area (Å²) >= 11 is 0. The number of anilines is 1. The van der Waals surface area contributed by atoms with E-state index in [9.17, 15) is 0 Å². The molecule has 1 aromatic heterocycles. The van der Waals surface area contributed by atoms with Crippen molar-refractivity contribution in [3.8, 4) is 11.5 Å². The molecule has 1 heterocycles. The van der Waals surface area contributed by atoms with Crippen LogP contribution in [0.15, 0.2) is 22.7 Å². The first-order chi connectivity index (χ1) is 9.56. The Balaban J connectivity index is 2.23. The lowest BCUT2D eigenvalue weighted by atomic mass is 10.2. The molecule has 0 N–H and O–H groups in total. The van der Waals surface area contributed by atoms with Gasteiger partial charge in [-0.15, -0.1) is 0 Å². The van der Waals surface area contributed by atoms with Crippen LogP contribution in [0, 0.1) is 13.8 Å². The summed E-state index contributed by atoms with van der Waals surface area (Å²) in [6, 6.07) is 5.86. The van der Waals surface area contributed by atoms with Crippen molar-refractivity contribution in [2.45, 2.75) is 20.4 Å². The summed E-state index contributed by atoms with van der Waals surface area (Å²) < 4.78 is 15.8. The maximum absolute atomic E-state index is 5.33. The third-order valence-electron chi connectivity index (χ3n) is 3.38. The zero-order chi connectivity index (χ0) is 14.7. The van der Waals surface area contributed by atoms with E-state index < -0.39 is 0 Å². The van der Waals surface area contributed by atoms with E-state index in [2.05, 4.69) is 10.1 Å². The average Bonchev–Trinajstić information content (AvgIpc) is 2.78. The molecule has 20 heavy (non-hydrogen) atoms. The third kappa shape index (κ3) is 2.71. The highest BCUT2D eigenvalue weighted by atomic mass is 16.5. The zero-order valence-corrected chi connectivity index (χ0v) is 12.6. The molecule has 0 fully saturated rings. The SMILES string of the molecule is COc1ccc(N(C)Cc2c(C)noc2C)cc1OC. The molecule has 0 saturated carbocycles. The van der Waals surface area contributed by atoms with Crippen molar-refractivity contribution in [3.63, 3.8) is 0 Å². The highest BCUT2D eigenvalue weighted by Gasteiger charge is 2.13. The van der Waals surface area contributed by atoms with Crippen LogP contribution < -0.4 is 14.4 Å². The fourth-order valence-electron chi connectivity index (χ4n) is 2.12. The van der Waals surface area contributed by atoms with Crippen LogP contribution >= 0.6 is 0 Å². The van der Waals surface area contributed by atoms with Gasteiger partial charge in [-0.25, -0.2) is 0 Å². The number of methoxy groups -OCH3 is 2. The molecule has 0 aliphatic carbocycles. The maximum Gasteiger partial charge on any atom is 0.162 e. The Kier molecular flexibility index (Phi) is 4.17. The molecule has 2 rings (SSSR count). The van der Waals surface area contributed by atoms with Crippen LogP contribution in [-0.4, -0.2) is 26.4 Å². The second-order valence-electron chi connectivity index (χ2n) is 4.70. The van der Waals surface area contributed by atoms with E-state index >= 15 is 0 Å². The number of ether oxygens (including phenoxy) is 2. The second-order valence-corrected chi connectivity index (χ2v) is 4.70. The Bertz CT molecular complexity index is 573. The minimum atomic E-state index is 0.718. The van der Waals surface area contributed by atoms with E-state index in [0.717, 1.165) is 40.7 Å². The van der Waals surface area contributed by atoms with Gasteiger partial charge in [0, 0.05) is 30.9 Å². The van der Waals surface area contributed by atoms with Gasteiger partial charge in [-0.3, -0.25) is 0 Å². The molecule has 1 aromatic carbocycles. The molecule has 5 nitrogen and oxygen atoms in total. The van der Waals surface area contributed by atoms with Crippen molar-refractivity contribution in [1.29, 1.82) is 0 Å². The van der Waals surface area contributed by atoms with Gasteiger partial charge in [-0.1, -0.05) is 5.16 Å². The van der Waals surface area contributed by atoms with E-state index in [4.69, 9.17) is 14.0 Å². The molecular weight excluding hydrogens is 256 g/mol. The Morgan fingerprint density at radius 1 is 1.15 bits per heavy atom. The summed E-state index contributed by atoms with van der Waals surface area (Å²) in [7, 11) is 5.29. The van der Waals surface area contributed by atoms with Crippen molar-refractivity contribution in [1.82, 2.24) is 5.16 Å². The van der Waals surface area contributed by atoms with Gasteiger partial charge in [-0.2, -0.15) is 0 Å². The molecule has 0 saturated heterocycles. The van der Waals surface area contributed by atoms with Crippen molar-refractivity contribution in [3.05, 3.63) is 35.2 Å². The number of benzene rings is 1. The number of aryl methyl sites for hydroxylation is 2. The summed E-state index contributed by atoms with van der Waals surface area (Å²) in [5.74, 6) is 2.30. The van der Waals surface area contributed by atoms with Crippen LogP contribution in [0.2, 0.25) is 0 Å². The van der Waals surface area contributed by atoms with Crippen LogP contribution in [0.4, 0.5) is 5.69 Å². The monoisotopic (exact) mass is 276 g/mol. The standard InChI is InChI=1S/C15H20N2O3/c1-10-13(11(2)20-16-10)9-17(3)12-6-7-14(18-4)15(8-12)19-5/h6-8H,9H2,1-5H3. The van der Waals surface area contributed by atoms with Crippen LogP contribution in [-0.2, 0) is 6.54 Å². The lowest BCUT2D eigenvalue weighted by molar-refractivity contribution is 0.355. The summed E-state index contributed by atoms with van der Waals surface area (Å²) in [6.45, 7) is 4.61. The van der Waals surface area contributed by atoms with Gasteiger partial charge < -0.3 is 18.9 Å². The first-order valence-electron chi connectivity index (χ1n) is 6.41. The van der Waals surface area contributed by atoms with Gasteiger partial charge in [0.25, 0.3) is 0 Å². The molecule has 5 heteroatoms. The Labute approximate surface area is 119 Å². The van der Waals surface area contributed by atoms with Gasteiger partial charge in [0.05, 0.1) is 19.9 Å². The molecular formula is C15H20N2O3. The first-order valence-corrected chi connectivity index (χ1v) is 6.41. The van der Waals surface area contributed by atoms with Crippen molar-refractivity contribution >= 4 is 5.69 Å². The summed E-state index contributed by atoms with van der Waals surface area (Å²) in [5, 5.41) is 3.98. The quantitative estimate of drug-likeness (QED) is 0.840. The topological polar surface area (TPSA) is 47.7 Å². The average molecular weight is 276 g/mol. The maximum atomic E-state index is 5.33. The first kappa shape index (κ1) is 14.2. The summed E-state index contributed by atoms with van der Waals surface area (Å²) in [5.41, 5.74) is 3.08. The normalized spacial score (nSPS) is 10.4. The van der Waals surface area contributed by atoms with E-state index in [1.54, 1.807) is 14.2 Å². The zero-order valence-electron chi connectivity index (χ0n) is 12.6. The molecule has 0 aliphatic heterocycles. The van der Waals surface area contributed by atoms with Gasteiger partial charge in [0.15, 0.2) is 11.5 Å². The van der Waals surface area contributed by atoms with Crippen molar-refractivity contribution < 1.29 is 14.0 Å².